The number of nitrogens with one attached hydrogen (secondary N) is 2. The van der Waals surface area contributed by atoms with Crippen LogP contribution in [0.1, 0.15) is 45.2 Å². The van der Waals surface area contributed by atoms with Crippen molar-refractivity contribution in [3.05, 3.63) is 35.6 Å². The SMILES string of the molecule is CCNC(=NCC(c1ccc(F)cc1)N1CCOCC1)NCCN(C(C)C)C1CC1. The first-order valence-electron chi connectivity index (χ1n) is 11.4. The maximum absolute atomic E-state index is 13.4. The summed E-state index contributed by atoms with van der Waals surface area (Å²) in [5, 5.41) is 6.87. The Hall–Kier alpha value is -1.70. The van der Waals surface area contributed by atoms with E-state index in [1.54, 1.807) is 0 Å². The van der Waals surface area contributed by atoms with E-state index in [9.17, 15) is 4.39 Å². The topological polar surface area (TPSA) is 52.1 Å². The summed E-state index contributed by atoms with van der Waals surface area (Å²) in [6, 6.07) is 8.27. The van der Waals surface area contributed by atoms with Crippen molar-refractivity contribution in [2.45, 2.75) is 51.7 Å². The van der Waals surface area contributed by atoms with Crippen LogP contribution in [0.4, 0.5) is 4.39 Å². The zero-order valence-corrected chi connectivity index (χ0v) is 18.7. The highest BCUT2D eigenvalue weighted by atomic mass is 19.1. The summed E-state index contributed by atoms with van der Waals surface area (Å²) in [6.45, 7) is 13.2. The number of aliphatic imine (C=N–C) groups is 1. The summed E-state index contributed by atoms with van der Waals surface area (Å²) in [4.78, 5) is 9.85. The molecule has 7 heteroatoms. The van der Waals surface area contributed by atoms with Gasteiger partial charge in [-0.05, 0) is 51.3 Å². The second-order valence-corrected chi connectivity index (χ2v) is 8.42. The fourth-order valence-electron chi connectivity index (χ4n) is 4.10. The number of hydrogen-bond donors (Lipinski definition) is 2. The van der Waals surface area contributed by atoms with Gasteiger partial charge in [0.15, 0.2) is 5.96 Å². The molecule has 1 unspecified atom stereocenters. The Bertz CT molecular complexity index is 654. The number of guanidine groups is 1. The van der Waals surface area contributed by atoms with E-state index in [2.05, 4.69) is 41.2 Å². The smallest absolute Gasteiger partial charge is 0.191 e. The average Bonchev–Trinajstić information content (AvgIpc) is 3.58. The van der Waals surface area contributed by atoms with Crippen LogP contribution in [0, 0.1) is 5.82 Å². The maximum atomic E-state index is 13.4. The molecule has 0 bridgehead atoms. The number of rotatable bonds is 10. The van der Waals surface area contributed by atoms with E-state index in [0.717, 1.165) is 63.5 Å². The predicted molar refractivity (Wildman–Crippen MR) is 120 cm³/mol. The third kappa shape index (κ3) is 6.93. The molecule has 2 N–H and O–H groups in total. The lowest BCUT2D eigenvalue weighted by atomic mass is 10.0. The summed E-state index contributed by atoms with van der Waals surface area (Å²) in [5.41, 5.74) is 1.10. The summed E-state index contributed by atoms with van der Waals surface area (Å²) < 4.78 is 19.0. The Balaban J connectivity index is 1.63. The van der Waals surface area contributed by atoms with Gasteiger partial charge in [-0.15, -0.1) is 0 Å². The van der Waals surface area contributed by atoms with E-state index in [1.165, 1.54) is 25.0 Å². The molecular formula is C23H38FN5O. The van der Waals surface area contributed by atoms with Gasteiger partial charge in [-0.1, -0.05) is 12.1 Å². The summed E-state index contributed by atoms with van der Waals surface area (Å²) in [7, 11) is 0. The standard InChI is InChI=1S/C23H38FN5O/c1-4-25-23(26-11-12-29(18(2)3)21-9-10-21)27-17-22(28-13-15-30-16-14-28)19-5-7-20(24)8-6-19/h5-8,18,21-22H,4,9-17H2,1-3H3,(H2,25,26,27). The number of morpholine rings is 1. The van der Waals surface area contributed by atoms with Gasteiger partial charge in [-0.3, -0.25) is 14.8 Å². The number of halogens is 1. The lowest BCUT2D eigenvalue weighted by molar-refractivity contribution is 0.0179. The fraction of sp³-hybridized carbons (Fsp3) is 0.696. The second-order valence-electron chi connectivity index (χ2n) is 8.42. The van der Waals surface area contributed by atoms with Crippen LogP contribution in [0.3, 0.4) is 0 Å². The van der Waals surface area contributed by atoms with Gasteiger partial charge in [-0.25, -0.2) is 4.39 Å². The van der Waals surface area contributed by atoms with Gasteiger partial charge in [0.1, 0.15) is 5.82 Å². The van der Waals surface area contributed by atoms with Crippen molar-refractivity contribution < 1.29 is 9.13 Å². The zero-order valence-electron chi connectivity index (χ0n) is 18.7. The molecule has 0 aromatic heterocycles. The molecule has 1 aliphatic carbocycles. The lowest BCUT2D eigenvalue weighted by Gasteiger charge is -2.34. The van der Waals surface area contributed by atoms with Crippen molar-refractivity contribution in [2.24, 2.45) is 4.99 Å². The van der Waals surface area contributed by atoms with Crippen molar-refractivity contribution in [3.63, 3.8) is 0 Å². The summed E-state index contributed by atoms with van der Waals surface area (Å²) in [6.07, 6.45) is 2.65. The van der Waals surface area contributed by atoms with Gasteiger partial charge in [0.25, 0.3) is 0 Å². The molecule has 3 rings (SSSR count). The van der Waals surface area contributed by atoms with Crippen LogP contribution in [0.25, 0.3) is 0 Å². The van der Waals surface area contributed by atoms with E-state index in [-0.39, 0.29) is 11.9 Å². The molecule has 1 aliphatic heterocycles. The van der Waals surface area contributed by atoms with Gasteiger partial charge in [-0.2, -0.15) is 0 Å². The summed E-state index contributed by atoms with van der Waals surface area (Å²) in [5.74, 6) is 0.640. The summed E-state index contributed by atoms with van der Waals surface area (Å²) >= 11 is 0. The van der Waals surface area contributed by atoms with Gasteiger partial charge in [0, 0.05) is 44.8 Å². The normalized spacial score (nSPS) is 19.3. The van der Waals surface area contributed by atoms with E-state index < -0.39 is 0 Å². The lowest BCUT2D eigenvalue weighted by Crippen LogP contribution is -2.44. The molecule has 1 heterocycles. The Morgan fingerprint density at radius 1 is 1.20 bits per heavy atom. The second kappa shape index (κ2) is 11.6. The Morgan fingerprint density at radius 2 is 1.90 bits per heavy atom. The van der Waals surface area contributed by atoms with Crippen molar-refractivity contribution in [1.29, 1.82) is 0 Å². The van der Waals surface area contributed by atoms with E-state index >= 15 is 0 Å². The molecule has 0 amide bonds. The van der Waals surface area contributed by atoms with Crippen molar-refractivity contribution in [1.82, 2.24) is 20.4 Å². The molecule has 2 aliphatic rings. The van der Waals surface area contributed by atoms with Gasteiger partial charge in [0.2, 0.25) is 0 Å². The van der Waals surface area contributed by atoms with Crippen LogP contribution in [0.15, 0.2) is 29.3 Å². The molecule has 1 saturated heterocycles. The van der Waals surface area contributed by atoms with Gasteiger partial charge < -0.3 is 15.4 Å². The highest BCUT2D eigenvalue weighted by molar-refractivity contribution is 5.79. The highest BCUT2D eigenvalue weighted by Gasteiger charge is 2.30. The number of ether oxygens (including phenoxy) is 1. The van der Waals surface area contributed by atoms with Gasteiger partial charge >= 0.3 is 0 Å². The van der Waals surface area contributed by atoms with E-state index in [1.807, 2.05) is 12.1 Å². The molecule has 2 fully saturated rings. The zero-order chi connectivity index (χ0) is 21.3. The third-order valence-corrected chi connectivity index (χ3v) is 5.85. The van der Waals surface area contributed by atoms with Crippen LogP contribution in [-0.2, 0) is 4.74 Å². The van der Waals surface area contributed by atoms with Crippen molar-refractivity contribution in [2.75, 3.05) is 52.5 Å². The molecule has 1 atom stereocenters. The third-order valence-electron chi connectivity index (χ3n) is 5.85. The van der Waals surface area contributed by atoms with Crippen LogP contribution in [0.5, 0.6) is 0 Å². The molecule has 0 radical (unpaired) electrons. The minimum atomic E-state index is -0.205. The largest absolute Gasteiger partial charge is 0.379 e. The minimum Gasteiger partial charge on any atom is -0.379 e. The molecule has 1 aromatic carbocycles. The minimum absolute atomic E-state index is 0.114. The maximum Gasteiger partial charge on any atom is 0.191 e. The number of benzene rings is 1. The van der Waals surface area contributed by atoms with Crippen LogP contribution in [0.2, 0.25) is 0 Å². The predicted octanol–water partition coefficient (Wildman–Crippen LogP) is 2.63. The monoisotopic (exact) mass is 419 g/mol. The van der Waals surface area contributed by atoms with Gasteiger partial charge in [0.05, 0.1) is 25.8 Å². The average molecular weight is 420 g/mol. The molecule has 6 nitrogen and oxygen atoms in total. The molecular weight excluding hydrogens is 381 g/mol. The fourth-order valence-corrected chi connectivity index (χ4v) is 4.10. The molecule has 0 spiro atoms. The molecule has 30 heavy (non-hydrogen) atoms. The first kappa shape index (κ1) is 23.0. The number of nitrogens with zero attached hydrogens (tertiary/aromatic N) is 3. The number of hydrogen-bond acceptors (Lipinski definition) is 4. The Kier molecular flexibility index (Phi) is 8.90. The quantitative estimate of drug-likeness (QED) is 0.451. The van der Waals surface area contributed by atoms with E-state index in [0.29, 0.717) is 12.6 Å². The van der Waals surface area contributed by atoms with Crippen LogP contribution in [-0.4, -0.2) is 80.3 Å². The molecule has 1 saturated carbocycles. The molecule has 1 aromatic rings. The van der Waals surface area contributed by atoms with E-state index in [4.69, 9.17) is 9.73 Å². The van der Waals surface area contributed by atoms with Crippen LogP contribution < -0.4 is 10.6 Å². The van der Waals surface area contributed by atoms with Crippen molar-refractivity contribution >= 4 is 5.96 Å². The van der Waals surface area contributed by atoms with Crippen molar-refractivity contribution in [3.8, 4) is 0 Å². The first-order valence-corrected chi connectivity index (χ1v) is 11.4. The Labute approximate surface area is 180 Å². The highest BCUT2D eigenvalue weighted by Crippen LogP contribution is 2.28. The molecule has 168 valence electrons. The first-order chi connectivity index (χ1) is 14.6. The van der Waals surface area contributed by atoms with Crippen LogP contribution >= 0.6 is 0 Å². The Morgan fingerprint density at radius 3 is 2.50 bits per heavy atom.